The highest BCUT2D eigenvalue weighted by Crippen LogP contribution is 2.19. The second-order valence-electron chi connectivity index (χ2n) is 9.64. The van der Waals surface area contributed by atoms with Crippen LogP contribution >= 0.6 is 0 Å². The van der Waals surface area contributed by atoms with Gasteiger partial charge in [0, 0.05) is 39.3 Å². The maximum absolute atomic E-state index is 12.9. The second kappa shape index (κ2) is 10.8. The molecule has 2 aliphatic heterocycles. The summed E-state index contributed by atoms with van der Waals surface area (Å²) in [6, 6.07) is 9.70. The second-order valence-corrected chi connectivity index (χ2v) is 9.64. The Morgan fingerprint density at radius 3 is 2.56 bits per heavy atom. The van der Waals surface area contributed by atoms with Crippen molar-refractivity contribution in [2.24, 2.45) is 0 Å². The summed E-state index contributed by atoms with van der Waals surface area (Å²) >= 11 is 0. The van der Waals surface area contributed by atoms with Crippen molar-refractivity contribution in [3.05, 3.63) is 62.6 Å². The lowest BCUT2D eigenvalue weighted by Gasteiger charge is -2.35. The molecule has 5 rings (SSSR count). The van der Waals surface area contributed by atoms with Crippen LogP contribution in [0.15, 0.2) is 39.9 Å². The summed E-state index contributed by atoms with van der Waals surface area (Å²) in [5.41, 5.74) is 0.974. The number of benzene rings is 1. The molecular weight excluding hydrogens is 460 g/mol. The van der Waals surface area contributed by atoms with Crippen LogP contribution in [0, 0.1) is 0 Å². The molecule has 4 heterocycles. The number of H-pyrrole nitrogens is 1. The zero-order valence-electron chi connectivity index (χ0n) is 20.8. The van der Waals surface area contributed by atoms with E-state index in [0.717, 1.165) is 50.2 Å². The summed E-state index contributed by atoms with van der Waals surface area (Å²) in [5, 5.41) is 0. The number of hydrogen-bond acceptors (Lipinski definition) is 6. The van der Waals surface area contributed by atoms with Crippen molar-refractivity contribution in [3.63, 3.8) is 0 Å². The van der Waals surface area contributed by atoms with E-state index in [-0.39, 0.29) is 12.0 Å². The smallest absolute Gasteiger partial charge is 0.330 e. The standard InChI is InChI=1S/C26H34N6O4/c1-2-3-11-31-21(18-29-12-14-30(15-13-29)25(34)20-10-7-16-36-20)27-23-22(31)24(33)28-26(35)32(23)17-19-8-5-4-6-9-19/h4-6,8-9,20H,2-3,7,10-18H2,1H3,(H,28,33,35)/t20-/m1/s1. The molecule has 1 aromatic carbocycles. The van der Waals surface area contributed by atoms with Gasteiger partial charge in [0.1, 0.15) is 11.9 Å². The predicted molar refractivity (Wildman–Crippen MR) is 136 cm³/mol. The number of nitrogens with zero attached hydrogens (tertiary/aromatic N) is 5. The van der Waals surface area contributed by atoms with Crippen LogP contribution in [0.2, 0.25) is 0 Å². The van der Waals surface area contributed by atoms with Gasteiger partial charge in [-0.3, -0.25) is 24.0 Å². The van der Waals surface area contributed by atoms with Crippen LogP contribution in [0.4, 0.5) is 0 Å². The highest BCUT2D eigenvalue weighted by Gasteiger charge is 2.31. The number of carbonyl (C=O) groups excluding carboxylic acids is 1. The highest BCUT2D eigenvalue weighted by atomic mass is 16.5. The average Bonchev–Trinajstić information content (AvgIpc) is 3.55. The van der Waals surface area contributed by atoms with Gasteiger partial charge in [-0.05, 0) is 24.8 Å². The van der Waals surface area contributed by atoms with E-state index in [1.807, 2.05) is 39.8 Å². The molecule has 1 atom stereocenters. The van der Waals surface area contributed by atoms with Gasteiger partial charge in [0.05, 0.1) is 13.1 Å². The summed E-state index contributed by atoms with van der Waals surface area (Å²) in [7, 11) is 0. The molecule has 2 saturated heterocycles. The first-order valence-electron chi connectivity index (χ1n) is 12.9. The molecule has 0 aliphatic carbocycles. The van der Waals surface area contributed by atoms with E-state index in [1.54, 1.807) is 4.57 Å². The number of nitrogens with one attached hydrogen (secondary N) is 1. The van der Waals surface area contributed by atoms with Gasteiger partial charge in [-0.2, -0.15) is 0 Å². The minimum absolute atomic E-state index is 0.0961. The quantitative estimate of drug-likeness (QED) is 0.510. The van der Waals surface area contributed by atoms with Crippen molar-refractivity contribution in [1.29, 1.82) is 0 Å². The first-order chi connectivity index (χ1) is 17.5. The number of unbranched alkanes of at least 4 members (excludes halogenated alkanes) is 1. The fourth-order valence-electron chi connectivity index (χ4n) is 5.11. The van der Waals surface area contributed by atoms with E-state index in [4.69, 9.17) is 9.72 Å². The number of ether oxygens (including phenoxy) is 1. The first-order valence-corrected chi connectivity index (χ1v) is 12.9. The molecule has 3 aromatic rings. The molecule has 0 saturated carbocycles. The van der Waals surface area contributed by atoms with Crippen molar-refractivity contribution in [2.75, 3.05) is 32.8 Å². The SMILES string of the molecule is CCCCn1c(CN2CCN(C(=O)[C@H]3CCCO3)CC2)nc2c1c(=O)[nH]c(=O)n2Cc1ccccc1. The molecule has 10 nitrogen and oxygen atoms in total. The first kappa shape index (κ1) is 24.5. The zero-order valence-corrected chi connectivity index (χ0v) is 20.8. The number of aromatic amines is 1. The number of imidazole rings is 1. The Labute approximate surface area is 209 Å². The lowest BCUT2D eigenvalue weighted by molar-refractivity contribution is -0.142. The van der Waals surface area contributed by atoms with Gasteiger partial charge in [-0.25, -0.2) is 9.78 Å². The Kier molecular flexibility index (Phi) is 7.33. The summed E-state index contributed by atoms with van der Waals surface area (Å²) in [4.78, 5) is 50.0. The predicted octanol–water partition coefficient (Wildman–Crippen LogP) is 1.56. The molecule has 10 heteroatoms. The Morgan fingerprint density at radius 2 is 1.86 bits per heavy atom. The average molecular weight is 495 g/mol. The third kappa shape index (κ3) is 5.01. The molecule has 2 fully saturated rings. The number of fused-ring (bicyclic) bond motifs is 1. The molecule has 1 N–H and O–H groups in total. The highest BCUT2D eigenvalue weighted by molar-refractivity contribution is 5.81. The van der Waals surface area contributed by atoms with Crippen molar-refractivity contribution >= 4 is 17.1 Å². The molecule has 2 aliphatic rings. The van der Waals surface area contributed by atoms with Crippen LogP contribution in [0.25, 0.3) is 11.2 Å². The fourth-order valence-corrected chi connectivity index (χ4v) is 5.11. The van der Waals surface area contributed by atoms with E-state index in [1.165, 1.54) is 0 Å². The topological polar surface area (TPSA) is 105 Å². The van der Waals surface area contributed by atoms with Gasteiger partial charge in [0.2, 0.25) is 0 Å². The van der Waals surface area contributed by atoms with E-state index >= 15 is 0 Å². The molecule has 0 bridgehead atoms. The summed E-state index contributed by atoms with van der Waals surface area (Å²) in [6.07, 6.45) is 3.34. The zero-order chi connectivity index (χ0) is 25.1. The number of amides is 1. The third-order valence-corrected chi connectivity index (χ3v) is 7.14. The summed E-state index contributed by atoms with van der Waals surface area (Å²) in [5.74, 6) is 0.870. The number of aryl methyl sites for hydroxylation is 1. The molecule has 1 amide bonds. The van der Waals surface area contributed by atoms with Crippen molar-refractivity contribution in [1.82, 2.24) is 28.9 Å². The molecular formula is C26H34N6O4. The van der Waals surface area contributed by atoms with Gasteiger partial charge in [-0.1, -0.05) is 43.7 Å². The minimum Gasteiger partial charge on any atom is -0.368 e. The number of carbonyl (C=O) groups is 1. The number of aromatic nitrogens is 4. The van der Waals surface area contributed by atoms with Gasteiger partial charge in [0.25, 0.3) is 11.5 Å². The monoisotopic (exact) mass is 494 g/mol. The molecule has 192 valence electrons. The van der Waals surface area contributed by atoms with Crippen LogP contribution in [-0.2, 0) is 29.2 Å². The maximum atomic E-state index is 12.9. The van der Waals surface area contributed by atoms with Crippen LogP contribution in [-0.4, -0.2) is 73.7 Å². The summed E-state index contributed by atoms with van der Waals surface area (Å²) < 4.78 is 9.10. The van der Waals surface area contributed by atoms with Crippen LogP contribution in [0.3, 0.4) is 0 Å². The molecule has 0 unspecified atom stereocenters. The van der Waals surface area contributed by atoms with Gasteiger partial charge in [0.15, 0.2) is 11.2 Å². The molecule has 0 radical (unpaired) electrons. The van der Waals surface area contributed by atoms with E-state index < -0.39 is 11.2 Å². The van der Waals surface area contributed by atoms with Crippen molar-refractivity contribution in [3.8, 4) is 0 Å². The van der Waals surface area contributed by atoms with Crippen molar-refractivity contribution < 1.29 is 9.53 Å². The van der Waals surface area contributed by atoms with Crippen LogP contribution in [0.1, 0.15) is 44.0 Å². The van der Waals surface area contributed by atoms with Gasteiger partial charge < -0.3 is 14.2 Å². The van der Waals surface area contributed by atoms with E-state index in [2.05, 4.69) is 16.8 Å². The Bertz CT molecular complexity index is 1310. The third-order valence-electron chi connectivity index (χ3n) is 7.14. The Balaban J connectivity index is 1.41. The molecule has 0 spiro atoms. The van der Waals surface area contributed by atoms with Crippen molar-refractivity contribution in [2.45, 2.75) is 58.3 Å². The Morgan fingerprint density at radius 1 is 1.08 bits per heavy atom. The van der Waals surface area contributed by atoms with Gasteiger partial charge in [-0.15, -0.1) is 0 Å². The number of hydrogen-bond donors (Lipinski definition) is 1. The Hall–Kier alpha value is -3.24. The van der Waals surface area contributed by atoms with Gasteiger partial charge >= 0.3 is 5.69 Å². The van der Waals surface area contributed by atoms with E-state index in [0.29, 0.717) is 50.5 Å². The lowest BCUT2D eigenvalue weighted by Crippen LogP contribution is -2.51. The van der Waals surface area contributed by atoms with Crippen LogP contribution < -0.4 is 11.2 Å². The molecule has 2 aromatic heterocycles. The molecule has 36 heavy (non-hydrogen) atoms. The fraction of sp³-hybridized carbons (Fsp3) is 0.538. The minimum atomic E-state index is -0.454. The maximum Gasteiger partial charge on any atom is 0.330 e. The van der Waals surface area contributed by atoms with Crippen LogP contribution in [0.5, 0.6) is 0 Å². The number of rotatable bonds is 8. The lowest BCUT2D eigenvalue weighted by atomic mass is 10.2. The normalized spacial score (nSPS) is 18.8. The largest absolute Gasteiger partial charge is 0.368 e. The summed E-state index contributed by atoms with van der Waals surface area (Å²) in [6.45, 7) is 7.07. The number of piperazine rings is 1. The van der Waals surface area contributed by atoms with E-state index in [9.17, 15) is 14.4 Å².